The van der Waals surface area contributed by atoms with Gasteiger partial charge in [0.1, 0.15) is 0 Å². The number of amides is 2. The van der Waals surface area contributed by atoms with Gasteiger partial charge in [-0.3, -0.25) is 9.59 Å². The first-order valence-corrected chi connectivity index (χ1v) is 8.68. The summed E-state index contributed by atoms with van der Waals surface area (Å²) in [5, 5.41) is 2.98. The highest BCUT2D eigenvalue weighted by molar-refractivity contribution is 6.00. The van der Waals surface area contributed by atoms with Gasteiger partial charge < -0.3 is 10.2 Å². The van der Waals surface area contributed by atoms with Crippen molar-refractivity contribution in [3.63, 3.8) is 0 Å². The van der Waals surface area contributed by atoms with Crippen molar-refractivity contribution in [3.05, 3.63) is 29.3 Å². The first-order valence-electron chi connectivity index (χ1n) is 8.68. The Bertz CT molecular complexity index is 568. The van der Waals surface area contributed by atoms with E-state index < -0.39 is 0 Å². The van der Waals surface area contributed by atoms with Gasteiger partial charge in [0, 0.05) is 25.2 Å². The van der Waals surface area contributed by atoms with Crippen molar-refractivity contribution < 1.29 is 9.59 Å². The number of carbonyl (C=O) groups is 2. The first-order chi connectivity index (χ1) is 11.0. The Hall–Kier alpha value is -1.84. The van der Waals surface area contributed by atoms with Crippen molar-refractivity contribution in [1.82, 2.24) is 5.32 Å². The van der Waals surface area contributed by atoms with Crippen molar-refractivity contribution in [3.8, 4) is 0 Å². The molecule has 1 unspecified atom stereocenters. The molecule has 126 valence electrons. The molecule has 1 aliphatic rings. The number of anilines is 1. The number of aryl methyl sites for hydroxylation is 2. The quantitative estimate of drug-likeness (QED) is 0.784. The van der Waals surface area contributed by atoms with Gasteiger partial charge in [-0.1, -0.05) is 32.3 Å². The average Bonchev–Trinajstić information content (AvgIpc) is 2.92. The molecule has 1 aromatic rings. The molecule has 1 heterocycles. The van der Waals surface area contributed by atoms with Gasteiger partial charge in [0.25, 0.3) is 0 Å². The largest absolute Gasteiger partial charge is 0.356 e. The molecule has 0 aromatic heterocycles. The predicted molar refractivity (Wildman–Crippen MR) is 93.5 cm³/mol. The molecule has 0 radical (unpaired) electrons. The fourth-order valence-electron chi connectivity index (χ4n) is 2.93. The SMILES string of the molecule is CCCCCCNC(=O)C1CC(=O)N(c2ccc(C)c(C)c2)C1. The van der Waals surface area contributed by atoms with Crippen LogP contribution in [0.4, 0.5) is 5.69 Å². The summed E-state index contributed by atoms with van der Waals surface area (Å²) in [6.45, 7) is 7.47. The molecular weight excluding hydrogens is 288 g/mol. The summed E-state index contributed by atoms with van der Waals surface area (Å²) < 4.78 is 0. The van der Waals surface area contributed by atoms with Crippen LogP contribution < -0.4 is 10.2 Å². The van der Waals surface area contributed by atoms with Crippen molar-refractivity contribution in [1.29, 1.82) is 0 Å². The summed E-state index contributed by atoms with van der Waals surface area (Å²) in [4.78, 5) is 26.2. The lowest BCUT2D eigenvalue weighted by Gasteiger charge is -2.18. The Balaban J connectivity index is 1.89. The van der Waals surface area contributed by atoms with Crippen LogP contribution in [0.1, 0.15) is 50.2 Å². The number of rotatable bonds is 7. The molecule has 2 rings (SSSR count). The molecule has 0 spiro atoms. The fraction of sp³-hybridized carbons (Fsp3) is 0.579. The first kappa shape index (κ1) is 17.5. The van der Waals surface area contributed by atoms with Crippen LogP contribution in [-0.4, -0.2) is 24.9 Å². The van der Waals surface area contributed by atoms with E-state index in [4.69, 9.17) is 0 Å². The summed E-state index contributed by atoms with van der Waals surface area (Å²) in [5.74, 6) is -0.171. The van der Waals surface area contributed by atoms with E-state index in [2.05, 4.69) is 19.2 Å². The second kappa shape index (κ2) is 8.14. The highest BCUT2D eigenvalue weighted by Crippen LogP contribution is 2.26. The molecule has 2 amide bonds. The Morgan fingerprint density at radius 3 is 2.70 bits per heavy atom. The van der Waals surface area contributed by atoms with Gasteiger partial charge in [-0.2, -0.15) is 0 Å². The van der Waals surface area contributed by atoms with Crippen LogP contribution in [0.3, 0.4) is 0 Å². The zero-order valence-corrected chi connectivity index (χ0v) is 14.5. The van der Waals surface area contributed by atoms with Crippen molar-refractivity contribution in [2.45, 2.75) is 52.9 Å². The average molecular weight is 316 g/mol. The van der Waals surface area contributed by atoms with Crippen LogP contribution >= 0.6 is 0 Å². The molecule has 1 aromatic carbocycles. The topological polar surface area (TPSA) is 49.4 Å². The second-order valence-corrected chi connectivity index (χ2v) is 6.53. The maximum absolute atomic E-state index is 12.2. The van der Waals surface area contributed by atoms with Crippen LogP contribution in [0, 0.1) is 19.8 Å². The Labute approximate surface area is 139 Å². The standard InChI is InChI=1S/C19H28N2O2/c1-4-5-6-7-10-20-19(23)16-12-18(22)21(13-16)17-9-8-14(2)15(3)11-17/h8-9,11,16H,4-7,10,12-13H2,1-3H3,(H,20,23). The number of hydrogen-bond acceptors (Lipinski definition) is 2. The van der Waals surface area contributed by atoms with Gasteiger partial charge >= 0.3 is 0 Å². The third kappa shape index (κ3) is 4.57. The molecule has 4 heteroatoms. The second-order valence-electron chi connectivity index (χ2n) is 6.53. The number of benzene rings is 1. The zero-order chi connectivity index (χ0) is 16.8. The molecule has 23 heavy (non-hydrogen) atoms. The zero-order valence-electron chi connectivity index (χ0n) is 14.5. The molecule has 0 bridgehead atoms. The van der Waals surface area contributed by atoms with Crippen molar-refractivity contribution in [2.24, 2.45) is 5.92 Å². The third-order valence-corrected chi connectivity index (χ3v) is 4.63. The van der Waals surface area contributed by atoms with E-state index in [1.807, 2.05) is 25.1 Å². The molecule has 1 saturated heterocycles. The van der Waals surface area contributed by atoms with Crippen LogP contribution in [0.2, 0.25) is 0 Å². The molecule has 4 nitrogen and oxygen atoms in total. The third-order valence-electron chi connectivity index (χ3n) is 4.63. The minimum atomic E-state index is -0.227. The Morgan fingerprint density at radius 2 is 2.00 bits per heavy atom. The summed E-state index contributed by atoms with van der Waals surface area (Å²) in [6.07, 6.45) is 4.87. The van der Waals surface area contributed by atoms with Crippen LogP contribution in [-0.2, 0) is 9.59 Å². The molecule has 1 fully saturated rings. The summed E-state index contributed by atoms with van der Waals surface area (Å²) in [7, 11) is 0. The minimum Gasteiger partial charge on any atom is -0.356 e. The van der Waals surface area contributed by atoms with Gasteiger partial charge in [-0.05, 0) is 43.5 Å². The summed E-state index contributed by atoms with van der Waals surface area (Å²) in [6, 6.07) is 6.02. The fourth-order valence-corrected chi connectivity index (χ4v) is 2.93. The molecule has 1 aliphatic heterocycles. The Kier molecular flexibility index (Phi) is 6.20. The van der Waals surface area contributed by atoms with Gasteiger partial charge in [0.2, 0.25) is 11.8 Å². The number of nitrogens with one attached hydrogen (secondary N) is 1. The van der Waals surface area contributed by atoms with Gasteiger partial charge in [-0.25, -0.2) is 0 Å². The van der Waals surface area contributed by atoms with Crippen LogP contribution in [0.15, 0.2) is 18.2 Å². The predicted octanol–water partition coefficient (Wildman–Crippen LogP) is 3.35. The summed E-state index contributed by atoms with van der Waals surface area (Å²) >= 11 is 0. The van der Waals surface area contributed by atoms with E-state index in [9.17, 15) is 9.59 Å². The van der Waals surface area contributed by atoms with Gasteiger partial charge in [0.05, 0.1) is 5.92 Å². The Morgan fingerprint density at radius 1 is 1.22 bits per heavy atom. The van der Waals surface area contributed by atoms with Gasteiger partial charge in [-0.15, -0.1) is 0 Å². The molecule has 0 aliphatic carbocycles. The lowest BCUT2D eigenvalue weighted by Crippen LogP contribution is -2.33. The smallest absolute Gasteiger partial charge is 0.227 e. The lowest BCUT2D eigenvalue weighted by molar-refractivity contribution is -0.126. The molecule has 1 atom stereocenters. The van der Waals surface area contributed by atoms with E-state index in [1.54, 1.807) is 4.90 Å². The van der Waals surface area contributed by atoms with E-state index >= 15 is 0 Å². The number of unbranched alkanes of at least 4 members (excludes halogenated alkanes) is 3. The highest BCUT2D eigenvalue weighted by Gasteiger charge is 2.34. The van der Waals surface area contributed by atoms with Gasteiger partial charge in [0.15, 0.2) is 0 Å². The van der Waals surface area contributed by atoms with E-state index in [0.29, 0.717) is 19.5 Å². The number of carbonyl (C=O) groups excluding carboxylic acids is 2. The number of hydrogen-bond donors (Lipinski definition) is 1. The van der Waals surface area contributed by atoms with E-state index in [0.717, 1.165) is 18.5 Å². The maximum atomic E-state index is 12.2. The normalized spacial score (nSPS) is 17.6. The minimum absolute atomic E-state index is 0.0150. The highest BCUT2D eigenvalue weighted by atomic mass is 16.2. The van der Waals surface area contributed by atoms with E-state index in [-0.39, 0.29) is 17.7 Å². The van der Waals surface area contributed by atoms with Crippen molar-refractivity contribution in [2.75, 3.05) is 18.0 Å². The van der Waals surface area contributed by atoms with Crippen molar-refractivity contribution >= 4 is 17.5 Å². The monoisotopic (exact) mass is 316 g/mol. The summed E-state index contributed by atoms with van der Waals surface area (Å²) in [5.41, 5.74) is 3.28. The lowest BCUT2D eigenvalue weighted by atomic mass is 10.1. The molecule has 0 saturated carbocycles. The number of nitrogens with zero attached hydrogens (tertiary/aromatic N) is 1. The molecular formula is C19H28N2O2. The van der Waals surface area contributed by atoms with Crippen LogP contribution in [0.25, 0.3) is 0 Å². The van der Waals surface area contributed by atoms with E-state index in [1.165, 1.54) is 24.0 Å². The maximum Gasteiger partial charge on any atom is 0.227 e. The molecule has 1 N–H and O–H groups in total. The van der Waals surface area contributed by atoms with Crippen LogP contribution in [0.5, 0.6) is 0 Å².